The molecule has 0 aliphatic heterocycles. The summed E-state index contributed by atoms with van der Waals surface area (Å²) < 4.78 is 0. The van der Waals surface area contributed by atoms with Crippen LogP contribution >= 0.6 is 11.8 Å². The molecule has 0 aromatic heterocycles. The minimum absolute atomic E-state index is 0.0479. The number of carbonyl (C=O) groups excluding carboxylic acids is 2. The molecule has 0 radical (unpaired) electrons. The van der Waals surface area contributed by atoms with Crippen LogP contribution in [0.4, 0.5) is 5.69 Å². The molecule has 0 aliphatic carbocycles. The van der Waals surface area contributed by atoms with E-state index >= 15 is 0 Å². The molecule has 0 saturated carbocycles. The molecule has 0 heterocycles. The second-order valence-electron chi connectivity index (χ2n) is 5.12. The molecule has 0 fully saturated rings. The number of amides is 2. The largest absolute Gasteiger partial charge is 0.355 e. The molecule has 122 valence electrons. The van der Waals surface area contributed by atoms with Gasteiger partial charge in [-0.3, -0.25) is 14.5 Å². The van der Waals surface area contributed by atoms with E-state index in [0.29, 0.717) is 6.54 Å². The number of hydrogen-bond donors (Lipinski definition) is 2. The van der Waals surface area contributed by atoms with E-state index in [4.69, 9.17) is 0 Å². The average molecular weight is 323 g/mol. The Hall–Kier alpha value is -1.53. The van der Waals surface area contributed by atoms with Gasteiger partial charge in [-0.25, -0.2) is 0 Å². The topological polar surface area (TPSA) is 61.4 Å². The predicted octanol–water partition coefficient (Wildman–Crippen LogP) is 2.20. The predicted molar refractivity (Wildman–Crippen MR) is 92.3 cm³/mol. The SMILES string of the molecule is CCCCNC(=O)CN(C)CC(=O)Nc1ccccc1SC. The van der Waals surface area contributed by atoms with Crippen molar-refractivity contribution >= 4 is 29.3 Å². The highest BCUT2D eigenvalue weighted by molar-refractivity contribution is 7.98. The summed E-state index contributed by atoms with van der Waals surface area (Å²) in [6.07, 6.45) is 3.99. The fourth-order valence-electron chi connectivity index (χ4n) is 1.94. The number of unbranched alkanes of at least 4 members (excludes halogenated alkanes) is 1. The smallest absolute Gasteiger partial charge is 0.238 e. The molecule has 0 saturated heterocycles. The van der Waals surface area contributed by atoms with E-state index < -0.39 is 0 Å². The molecule has 0 atom stereocenters. The molecule has 1 aromatic rings. The third-order valence-electron chi connectivity index (χ3n) is 3.06. The number of thioether (sulfide) groups is 1. The number of para-hydroxylation sites is 1. The van der Waals surface area contributed by atoms with E-state index in [9.17, 15) is 9.59 Å². The van der Waals surface area contributed by atoms with Gasteiger partial charge in [0.1, 0.15) is 0 Å². The summed E-state index contributed by atoms with van der Waals surface area (Å²) in [4.78, 5) is 26.5. The zero-order valence-corrected chi connectivity index (χ0v) is 14.3. The Bertz CT molecular complexity index is 494. The van der Waals surface area contributed by atoms with Gasteiger partial charge in [0.05, 0.1) is 18.8 Å². The highest BCUT2D eigenvalue weighted by Gasteiger charge is 2.11. The van der Waals surface area contributed by atoms with E-state index in [0.717, 1.165) is 23.4 Å². The zero-order valence-electron chi connectivity index (χ0n) is 13.5. The Morgan fingerprint density at radius 3 is 2.55 bits per heavy atom. The lowest BCUT2D eigenvalue weighted by atomic mass is 10.3. The van der Waals surface area contributed by atoms with Gasteiger partial charge in [-0.05, 0) is 31.9 Å². The van der Waals surface area contributed by atoms with Crippen LogP contribution in [-0.4, -0.2) is 49.7 Å². The van der Waals surface area contributed by atoms with Gasteiger partial charge in [0.2, 0.25) is 11.8 Å². The molecule has 1 aromatic carbocycles. The molecular formula is C16H25N3O2S. The quantitative estimate of drug-likeness (QED) is 0.540. The van der Waals surface area contributed by atoms with Gasteiger partial charge in [0, 0.05) is 11.4 Å². The van der Waals surface area contributed by atoms with Crippen LogP contribution in [0, 0.1) is 0 Å². The molecule has 1 rings (SSSR count). The van der Waals surface area contributed by atoms with Crippen LogP contribution in [0.3, 0.4) is 0 Å². The summed E-state index contributed by atoms with van der Waals surface area (Å²) in [6, 6.07) is 7.67. The molecule has 22 heavy (non-hydrogen) atoms. The second kappa shape index (κ2) is 10.2. The standard InChI is InChI=1S/C16H25N3O2S/c1-4-5-10-17-15(20)11-19(2)12-16(21)18-13-8-6-7-9-14(13)22-3/h6-9H,4-5,10-12H2,1-3H3,(H,17,20)(H,18,21). The Morgan fingerprint density at radius 1 is 1.18 bits per heavy atom. The first kappa shape index (κ1) is 18.5. The number of benzene rings is 1. The van der Waals surface area contributed by atoms with Crippen LogP contribution in [0.15, 0.2) is 29.2 Å². The monoisotopic (exact) mass is 323 g/mol. The molecular weight excluding hydrogens is 298 g/mol. The van der Waals surface area contributed by atoms with Gasteiger partial charge >= 0.3 is 0 Å². The number of likely N-dealkylation sites (N-methyl/N-ethyl adjacent to an activating group) is 1. The second-order valence-corrected chi connectivity index (χ2v) is 5.97. The van der Waals surface area contributed by atoms with Crippen LogP contribution in [0.1, 0.15) is 19.8 Å². The van der Waals surface area contributed by atoms with Crippen molar-refractivity contribution in [3.05, 3.63) is 24.3 Å². The Labute approximate surface area is 136 Å². The van der Waals surface area contributed by atoms with Gasteiger partial charge in [-0.2, -0.15) is 0 Å². The van der Waals surface area contributed by atoms with Crippen LogP contribution < -0.4 is 10.6 Å². The maximum atomic E-state index is 12.0. The first-order valence-corrected chi connectivity index (χ1v) is 8.67. The zero-order chi connectivity index (χ0) is 16.4. The van der Waals surface area contributed by atoms with Crippen molar-refractivity contribution in [2.75, 3.05) is 38.3 Å². The number of rotatable bonds is 9. The Morgan fingerprint density at radius 2 is 1.86 bits per heavy atom. The third kappa shape index (κ3) is 6.95. The molecule has 2 N–H and O–H groups in total. The highest BCUT2D eigenvalue weighted by atomic mass is 32.2. The third-order valence-corrected chi connectivity index (χ3v) is 3.86. The van der Waals surface area contributed by atoms with Crippen molar-refractivity contribution < 1.29 is 9.59 Å². The van der Waals surface area contributed by atoms with Crippen molar-refractivity contribution in [3.8, 4) is 0 Å². The van der Waals surface area contributed by atoms with E-state index in [1.54, 1.807) is 23.7 Å². The fraction of sp³-hybridized carbons (Fsp3) is 0.500. The van der Waals surface area contributed by atoms with E-state index in [1.807, 2.05) is 30.5 Å². The Kier molecular flexibility index (Phi) is 8.62. The molecule has 5 nitrogen and oxygen atoms in total. The first-order chi connectivity index (χ1) is 10.6. The van der Waals surface area contributed by atoms with E-state index in [2.05, 4.69) is 17.6 Å². The number of carbonyl (C=O) groups is 2. The van der Waals surface area contributed by atoms with Gasteiger partial charge in [-0.15, -0.1) is 11.8 Å². The van der Waals surface area contributed by atoms with E-state index in [-0.39, 0.29) is 24.9 Å². The average Bonchev–Trinajstić information content (AvgIpc) is 2.47. The first-order valence-electron chi connectivity index (χ1n) is 7.45. The van der Waals surface area contributed by atoms with Gasteiger partial charge in [0.25, 0.3) is 0 Å². The number of hydrogen-bond acceptors (Lipinski definition) is 4. The van der Waals surface area contributed by atoms with Crippen molar-refractivity contribution in [1.82, 2.24) is 10.2 Å². The molecule has 0 bridgehead atoms. The molecule has 2 amide bonds. The lowest BCUT2D eigenvalue weighted by Crippen LogP contribution is -2.39. The lowest BCUT2D eigenvalue weighted by molar-refractivity contribution is -0.122. The maximum absolute atomic E-state index is 12.0. The summed E-state index contributed by atoms with van der Waals surface area (Å²) in [5.74, 6) is -0.168. The minimum atomic E-state index is -0.120. The van der Waals surface area contributed by atoms with Crippen LogP contribution in [0.25, 0.3) is 0 Å². The maximum Gasteiger partial charge on any atom is 0.238 e. The summed E-state index contributed by atoms with van der Waals surface area (Å²) >= 11 is 1.59. The number of nitrogens with one attached hydrogen (secondary N) is 2. The van der Waals surface area contributed by atoms with Gasteiger partial charge in [-0.1, -0.05) is 25.5 Å². The lowest BCUT2D eigenvalue weighted by Gasteiger charge is -2.16. The number of nitrogens with zero attached hydrogens (tertiary/aromatic N) is 1. The Balaban J connectivity index is 2.39. The van der Waals surface area contributed by atoms with Crippen LogP contribution in [0.5, 0.6) is 0 Å². The van der Waals surface area contributed by atoms with Crippen LogP contribution in [0.2, 0.25) is 0 Å². The van der Waals surface area contributed by atoms with E-state index in [1.165, 1.54) is 0 Å². The highest BCUT2D eigenvalue weighted by Crippen LogP contribution is 2.24. The number of anilines is 1. The molecule has 0 unspecified atom stereocenters. The summed E-state index contributed by atoms with van der Waals surface area (Å²) in [6.45, 7) is 3.18. The van der Waals surface area contributed by atoms with Crippen molar-refractivity contribution in [3.63, 3.8) is 0 Å². The summed E-state index contributed by atoms with van der Waals surface area (Å²) in [5, 5.41) is 5.72. The molecule has 0 aliphatic rings. The summed E-state index contributed by atoms with van der Waals surface area (Å²) in [5.41, 5.74) is 0.806. The van der Waals surface area contributed by atoms with Gasteiger partial charge in [0.15, 0.2) is 0 Å². The van der Waals surface area contributed by atoms with Gasteiger partial charge < -0.3 is 10.6 Å². The summed E-state index contributed by atoms with van der Waals surface area (Å²) in [7, 11) is 1.76. The fourth-order valence-corrected chi connectivity index (χ4v) is 2.50. The van der Waals surface area contributed by atoms with Crippen molar-refractivity contribution in [1.29, 1.82) is 0 Å². The minimum Gasteiger partial charge on any atom is -0.355 e. The molecule has 6 heteroatoms. The van der Waals surface area contributed by atoms with Crippen molar-refractivity contribution in [2.45, 2.75) is 24.7 Å². The molecule has 0 spiro atoms. The normalized spacial score (nSPS) is 10.5. The van der Waals surface area contributed by atoms with Crippen molar-refractivity contribution in [2.24, 2.45) is 0 Å². The van der Waals surface area contributed by atoms with Crippen LogP contribution in [-0.2, 0) is 9.59 Å².